The molecule has 0 aromatic carbocycles. The molecule has 3 rings (SSSR count). The van der Waals surface area contributed by atoms with Gasteiger partial charge in [-0.05, 0) is 43.7 Å². The smallest absolute Gasteiger partial charge is 0.290 e. The number of furan rings is 1. The quantitative estimate of drug-likeness (QED) is 0.853. The molecular weight excluding hydrogens is 268 g/mol. The van der Waals surface area contributed by atoms with Crippen LogP contribution < -0.4 is 0 Å². The molecule has 2 aliphatic rings. The van der Waals surface area contributed by atoms with Crippen LogP contribution in [0.15, 0.2) is 22.8 Å². The minimum atomic E-state index is -0.326. The van der Waals surface area contributed by atoms with E-state index in [1.807, 2.05) is 11.9 Å². The van der Waals surface area contributed by atoms with Crippen molar-refractivity contribution in [3.8, 4) is 0 Å². The zero-order chi connectivity index (χ0) is 14.8. The molecule has 5 heteroatoms. The highest BCUT2D eigenvalue weighted by atomic mass is 16.3. The van der Waals surface area contributed by atoms with Gasteiger partial charge in [-0.2, -0.15) is 0 Å². The Kier molecular flexibility index (Phi) is 3.99. The van der Waals surface area contributed by atoms with Gasteiger partial charge < -0.3 is 14.2 Å². The summed E-state index contributed by atoms with van der Waals surface area (Å²) in [5, 5.41) is 0. The molecule has 2 heterocycles. The zero-order valence-electron chi connectivity index (χ0n) is 12.5. The summed E-state index contributed by atoms with van der Waals surface area (Å²) in [6.45, 7) is 1.45. The van der Waals surface area contributed by atoms with E-state index in [0.29, 0.717) is 18.2 Å². The number of carbonyl (C=O) groups excluding carboxylic acids is 2. The first-order chi connectivity index (χ1) is 10.2. The second-order valence-electron chi connectivity index (χ2n) is 6.15. The Hall–Kier alpha value is -1.78. The number of hydrogen-bond acceptors (Lipinski definition) is 3. The standard InChI is InChI=1S/C16H22N2O3/c1-17(11-12-5-2-6-12)15(19)13-7-3-9-18(13)16(20)14-8-4-10-21-14/h4,8,10,12-13H,2-3,5-7,9,11H2,1H3/t13-/m0/s1. The van der Waals surface area contributed by atoms with Crippen molar-refractivity contribution in [1.82, 2.24) is 9.80 Å². The number of amides is 2. The van der Waals surface area contributed by atoms with E-state index in [1.165, 1.54) is 25.5 Å². The van der Waals surface area contributed by atoms with Gasteiger partial charge in [-0.3, -0.25) is 9.59 Å². The summed E-state index contributed by atoms with van der Waals surface area (Å²) in [5.41, 5.74) is 0. The van der Waals surface area contributed by atoms with E-state index in [1.54, 1.807) is 17.0 Å². The molecule has 0 unspecified atom stereocenters. The lowest BCUT2D eigenvalue weighted by molar-refractivity contribution is -0.134. The second-order valence-corrected chi connectivity index (χ2v) is 6.15. The van der Waals surface area contributed by atoms with Gasteiger partial charge in [0, 0.05) is 20.1 Å². The molecule has 1 aromatic rings. The van der Waals surface area contributed by atoms with E-state index < -0.39 is 0 Å². The minimum absolute atomic E-state index is 0.0688. The van der Waals surface area contributed by atoms with Gasteiger partial charge in [0.1, 0.15) is 6.04 Å². The largest absolute Gasteiger partial charge is 0.459 e. The van der Waals surface area contributed by atoms with Crippen LogP contribution in [0.25, 0.3) is 0 Å². The number of nitrogens with zero attached hydrogens (tertiary/aromatic N) is 2. The molecule has 1 aromatic heterocycles. The fraction of sp³-hybridized carbons (Fsp3) is 0.625. The average molecular weight is 290 g/mol. The molecule has 1 aliphatic carbocycles. The summed E-state index contributed by atoms with van der Waals surface area (Å²) < 4.78 is 5.17. The zero-order valence-corrected chi connectivity index (χ0v) is 12.5. The van der Waals surface area contributed by atoms with E-state index in [0.717, 1.165) is 19.4 Å². The van der Waals surface area contributed by atoms with Gasteiger partial charge in [0.2, 0.25) is 5.91 Å². The van der Waals surface area contributed by atoms with Crippen molar-refractivity contribution in [2.45, 2.75) is 38.1 Å². The van der Waals surface area contributed by atoms with E-state index >= 15 is 0 Å². The van der Waals surface area contributed by atoms with Crippen LogP contribution in [0.1, 0.15) is 42.7 Å². The Morgan fingerprint density at radius 1 is 1.33 bits per heavy atom. The van der Waals surface area contributed by atoms with Gasteiger partial charge in [0.15, 0.2) is 5.76 Å². The van der Waals surface area contributed by atoms with Gasteiger partial charge in [-0.15, -0.1) is 0 Å². The highest BCUT2D eigenvalue weighted by molar-refractivity contribution is 5.95. The normalized spacial score (nSPS) is 22.1. The number of carbonyl (C=O) groups is 2. The van der Waals surface area contributed by atoms with Gasteiger partial charge in [-0.1, -0.05) is 6.42 Å². The topological polar surface area (TPSA) is 53.8 Å². The van der Waals surface area contributed by atoms with Crippen molar-refractivity contribution in [1.29, 1.82) is 0 Å². The third-order valence-electron chi connectivity index (χ3n) is 4.66. The molecule has 1 saturated carbocycles. The first-order valence-corrected chi connectivity index (χ1v) is 7.76. The van der Waals surface area contributed by atoms with Crippen LogP contribution in [0.3, 0.4) is 0 Å². The summed E-state index contributed by atoms with van der Waals surface area (Å²) >= 11 is 0. The first kappa shape index (κ1) is 14.2. The van der Waals surface area contributed by atoms with Crippen molar-refractivity contribution >= 4 is 11.8 Å². The van der Waals surface area contributed by atoms with Crippen molar-refractivity contribution < 1.29 is 14.0 Å². The van der Waals surface area contributed by atoms with Crippen molar-refractivity contribution in [2.24, 2.45) is 5.92 Å². The van der Waals surface area contributed by atoms with E-state index in [4.69, 9.17) is 4.42 Å². The van der Waals surface area contributed by atoms with Gasteiger partial charge in [0.05, 0.1) is 6.26 Å². The molecule has 21 heavy (non-hydrogen) atoms. The molecule has 1 atom stereocenters. The third-order valence-corrected chi connectivity index (χ3v) is 4.66. The van der Waals surface area contributed by atoms with Gasteiger partial charge in [0.25, 0.3) is 5.91 Å². The molecular formula is C16H22N2O3. The predicted octanol–water partition coefficient (Wildman–Crippen LogP) is 2.14. The van der Waals surface area contributed by atoms with Gasteiger partial charge in [-0.25, -0.2) is 0 Å². The molecule has 0 radical (unpaired) electrons. The van der Waals surface area contributed by atoms with Crippen LogP contribution in [0.4, 0.5) is 0 Å². The van der Waals surface area contributed by atoms with Crippen LogP contribution in [0.2, 0.25) is 0 Å². The molecule has 2 amide bonds. The maximum Gasteiger partial charge on any atom is 0.290 e. The number of likely N-dealkylation sites (tertiary alicyclic amines) is 1. The molecule has 2 fully saturated rings. The van der Waals surface area contributed by atoms with Crippen LogP contribution in [0.5, 0.6) is 0 Å². The van der Waals surface area contributed by atoms with Crippen LogP contribution >= 0.6 is 0 Å². The summed E-state index contributed by atoms with van der Waals surface area (Å²) in [4.78, 5) is 28.5. The summed E-state index contributed by atoms with van der Waals surface area (Å²) in [7, 11) is 1.86. The predicted molar refractivity (Wildman–Crippen MR) is 77.7 cm³/mol. The minimum Gasteiger partial charge on any atom is -0.459 e. The van der Waals surface area contributed by atoms with Crippen molar-refractivity contribution in [3.63, 3.8) is 0 Å². The van der Waals surface area contributed by atoms with E-state index in [-0.39, 0.29) is 17.9 Å². The van der Waals surface area contributed by atoms with Crippen molar-refractivity contribution in [3.05, 3.63) is 24.2 Å². The van der Waals surface area contributed by atoms with Crippen LogP contribution in [0, 0.1) is 5.92 Å². The maximum atomic E-state index is 12.6. The Morgan fingerprint density at radius 2 is 2.14 bits per heavy atom. The number of hydrogen-bond donors (Lipinski definition) is 0. The SMILES string of the molecule is CN(CC1CCC1)C(=O)[C@@H]1CCCN1C(=O)c1ccco1. The molecule has 0 N–H and O–H groups in total. The molecule has 0 spiro atoms. The van der Waals surface area contributed by atoms with Crippen LogP contribution in [-0.4, -0.2) is 47.8 Å². The summed E-state index contributed by atoms with van der Waals surface area (Å²) in [5.74, 6) is 0.859. The Bertz CT molecular complexity index is 508. The van der Waals surface area contributed by atoms with Gasteiger partial charge >= 0.3 is 0 Å². The maximum absolute atomic E-state index is 12.6. The Balaban J connectivity index is 1.65. The highest BCUT2D eigenvalue weighted by Crippen LogP contribution is 2.28. The molecule has 1 aliphatic heterocycles. The third kappa shape index (κ3) is 2.82. The molecule has 114 valence electrons. The molecule has 0 bridgehead atoms. The number of likely N-dealkylation sites (N-methyl/N-ethyl adjacent to an activating group) is 1. The van der Waals surface area contributed by atoms with E-state index in [9.17, 15) is 9.59 Å². The monoisotopic (exact) mass is 290 g/mol. The molecule has 5 nitrogen and oxygen atoms in total. The fourth-order valence-electron chi connectivity index (χ4n) is 3.22. The lowest BCUT2D eigenvalue weighted by atomic mass is 9.85. The van der Waals surface area contributed by atoms with Crippen molar-refractivity contribution in [2.75, 3.05) is 20.1 Å². The van der Waals surface area contributed by atoms with E-state index in [2.05, 4.69) is 0 Å². The fourth-order valence-corrected chi connectivity index (χ4v) is 3.22. The Morgan fingerprint density at radius 3 is 2.76 bits per heavy atom. The second kappa shape index (κ2) is 5.92. The lowest BCUT2D eigenvalue weighted by Crippen LogP contribution is -2.48. The highest BCUT2D eigenvalue weighted by Gasteiger charge is 2.37. The summed E-state index contributed by atoms with van der Waals surface area (Å²) in [6.07, 6.45) is 6.83. The molecule has 1 saturated heterocycles. The Labute approximate surface area is 124 Å². The average Bonchev–Trinajstić information content (AvgIpc) is 3.11. The lowest BCUT2D eigenvalue weighted by Gasteiger charge is -2.33. The summed E-state index contributed by atoms with van der Waals surface area (Å²) in [6, 6.07) is 3.02. The first-order valence-electron chi connectivity index (χ1n) is 7.76. The number of rotatable bonds is 4. The van der Waals surface area contributed by atoms with Crippen LogP contribution in [-0.2, 0) is 4.79 Å².